The summed E-state index contributed by atoms with van der Waals surface area (Å²) in [7, 11) is 0. The summed E-state index contributed by atoms with van der Waals surface area (Å²) in [6, 6.07) is 16.7. The quantitative estimate of drug-likeness (QED) is 0.543. The number of carboxylic acid groups (broad SMARTS) is 1. The van der Waals surface area contributed by atoms with Gasteiger partial charge in [-0.1, -0.05) is 36.4 Å². The van der Waals surface area contributed by atoms with Crippen LogP contribution >= 0.6 is 0 Å². The molecule has 0 bridgehead atoms. The molecule has 3 rings (SSSR count). The Morgan fingerprint density at radius 1 is 1.07 bits per heavy atom. The van der Waals surface area contributed by atoms with Gasteiger partial charge in [0.2, 0.25) is 5.78 Å². The van der Waals surface area contributed by atoms with E-state index in [1.165, 1.54) is 6.92 Å². The van der Waals surface area contributed by atoms with E-state index in [2.05, 4.69) is 0 Å². The summed E-state index contributed by atoms with van der Waals surface area (Å²) in [6.45, 7) is 6.06. The van der Waals surface area contributed by atoms with Crippen molar-refractivity contribution in [3.8, 4) is 5.75 Å². The molecule has 0 unspecified atom stereocenters. The fourth-order valence-electron chi connectivity index (χ4n) is 3.06. The lowest BCUT2D eigenvalue weighted by Gasteiger charge is -2.10. The summed E-state index contributed by atoms with van der Waals surface area (Å²) in [6.07, 6.45) is 4.84. The van der Waals surface area contributed by atoms with Crippen molar-refractivity contribution in [3.05, 3.63) is 94.8 Å². The predicted molar refractivity (Wildman–Crippen MR) is 117 cm³/mol. The van der Waals surface area contributed by atoms with Crippen LogP contribution < -0.4 is 4.74 Å². The standard InChI is InChI=1S/C25H25NO4/c1-17-11-12-21(15-18(17)2)24(27)23-10-6-14-26(23)13-5-8-20-7-4-9-22(16-20)30-19(3)25(28)29/h4-12,14-16,19H,13H2,1-3H3,(H,28,29)/b8-5+/t19-/m0/s1. The van der Waals surface area contributed by atoms with Crippen LogP contribution in [-0.2, 0) is 11.3 Å². The van der Waals surface area contributed by atoms with E-state index < -0.39 is 12.1 Å². The van der Waals surface area contributed by atoms with E-state index >= 15 is 0 Å². The second kappa shape index (κ2) is 9.27. The van der Waals surface area contributed by atoms with Gasteiger partial charge in [-0.15, -0.1) is 0 Å². The van der Waals surface area contributed by atoms with Crippen LogP contribution in [0, 0.1) is 13.8 Å². The summed E-state index contributed by atoms with van der Waals surface area (Å²) in [5.74, 6) is -0.516. The highest BCUT2D eigenvalue weighted by Gasteiger charge is 2.14. The number of ketones is 1. The molecular formula is C25H25NO4. The maximum Gasteiger partial charge on any atom is 0.344 e. The van der Waals surface area contributed by atoms with Crippen LogP contribution in [0.2, 0.25) is 0 Å². The number of carbonyl (C=O) groups is 2. The van der Waals surface area contributed by atoms with E-state index in [1.807, 2.05) is 79.2 Å². The van der Waals surface area contributed by atoms with Crippen molar-refractivity contribution in [2.24, 2.45) is 0 Å². The van der Waals surface area contributed by atoms with Crippen LogP contribution in [0.4, 0.5) is 0 Å². The molecule has 154 valence electrons. The number of ether oxygens (including phenoxy) is 1. The number of aromatic nitrogens is 1. The van der Waals surface area contributed by atoms with Crippen LogP contribution in [0.3, 0.4) is 0 Å². The average Bonchev–Trinajstić information content (AvgIpc) is 3.18. The van der Waals surface area contributed by atoms with Gasteiger partial charge in [-0.2, -0.15) is 0 Å². The third-order valence-electron chi connectivity index (χ3n) is 4.96. The van der Waals surface area contributed by atoms with Crippen molar-refractivity contribution in [1.82, 2.24) is 4.57 Å². The molecule has 0 saturated carbocycles. The molecule has 3 aromatic rings. The molecular weight excluding hydrogens is 378 g/mol. The maximum absolute atomic E-state index is 12.9. The van der Waals surface area contributed by atoms with E-state index in [-0.39, 0.29) is 5.78 Å². The Kier molecular flexibility index (Phi) is 6.52. The first-order valence-corrected chi connectivity index (χ1v) is 9.78. The zero-order valence-corrected chi connectivity index (χ0v) is 17.3. The summed E-state index contributed by atoms with van der Waals surface area (Å²) in [5.41, 5.74) is 4.46. The van der Waals surface area contributed by atoms with Gasteiger partial charge in [0, 0.05) is 18.3 Å². The Hall–Kier alpha value is -3.60. The summed E-state index contributed by atoms with van der Waals surface area (Å²) < 4.78 is 7.31. The van der Waals surface area contributed by atoms with Gasteiger partial charge in [0.05, 0.1) is 5.69 Å². The van der Waals surface area contributed by atoms with Gasteiger partial charge in [0.1, 0.15) is 5.75 Å². The maximum atomic E-state index is 12.9. The van der Waals surface area contributed by atoms with Crippen molar-refractivity contribution in [1.29, 1.82) is 0 Å². The number of aryl methyl sites for hydroxylation is 2. The SMILES string of the molecule is Cc1ccc(C(=O)c2cccn2C/C=C/c2cccc(O[C@@H](C)C(=O)O)c2)cc1C. The minimum Gasteiger partial charge on any atom is -0.479 e. The lowest BCUT2D eigenvalue weighted by molar-refractivity contribution is -0.144. The van der Waals surface area contributed by atoms with Crippen molar-refractivity contribution >= 4 is 17.8 Å². The number of carbonyl (C=O) groups excluding carboxylic acids is 1. The Balaban J connectivity index is 1.71. The molecule has 1 atom stereocenters. The number of hydrogen-bond donors (Lipinski definition) is 1. The molecule has 1 aromatic heterocycles. The number of nitrogens with zero attached hydrogens (tertiary/aromatic N) is 1. The third-order valence-corrected chi connectivity index (χ3v) is 4.96. The fraction of sp³-hybridized carbons (Fsp3) is 0.200. The molecule has 1 heterocycles. The zero-order valence-electron chi connectivity index (χ0n) is 17.3. The molecule has 0 fully saturated rings. The highest BCUT2D eigenvalue weighted by molar-refractivity contribution is 6.08. The highest BCUT2D eigenvalue weighted by atomic mass is 16.5. The van der Waals surface area contributed by atoms with E-state index in [9.17, 15) is 9.59 Å². The third kappa shape index (κ3) is 5.06. The van der Waals surface area contributed by atoms with Crippen molar-refractivity contribution in [2.75, 3.05) is 0 Å². The van der Waals surface area contributed by atoms with Gasteiger partial charge in [-0.3, -0.25) is 4.79 Å². The predicted octanol–water partition coefficient (Wildman–Crippen LogP) is 4.90. The number of rotatable bonds is 8. The summed E-state index contributed by atoms with van der Waals surface area (Å²) in [5, 5.41) is 8.97. The first-order chi connectivity index (χ1) is 14.3. The van der Waals surface area contributed by atoms with Crippen molar-refractivity contribution in [3.63, 3.8) is 0 Å². The summed E-state index contributed by atoms with van der Waals surface area (Å²) in [4.78, 5) is 23.9. The van der Waals surface area contributed by atoms with Crippen LogP contribution in [0.15, 0.2) is 66.9 Å². The van der Waals surface area contributed by atoms with Gasteiger partial charge in [-0.25, -0.2) is 4.79 Å². The van der Waals surface area contributed by atoms with Gasteiger partial charge in [-0.05, 0) is 67.8 Å². The van der Waals surface area contributed by atoms with Gasteiger partial charge < -0.3 is 14.4 Å². The Morgan fingerprint density at radius 2 is 1.87 bits per heavy atom. The highest BCUT2D eigenvalue weighted by Crippen LogP contribution is 2.18. The second-order valence-electron chi connectivity index (χ2n) is 7.25. The molecule has 0 radical (unpaired) electrons. The van der Waals surface area contributed by atoms with Crippen molar-refractivity contribution < 1.29 is 19.4 Å². The molecule has 5 nitrogen and oxygen atoms in total. The molecule has 0 saturated heterocycles. The number of allylic oxidation sites excluding steroid dienone is 1. The molecule has 5 heteroatoms. The van der Waals surface area contributed by atoms with E-state index in [0.29, 0.717) is 23.6 Å². The van der Waals surface area contributed by atoms with Crippen LogP contribution in [0.25, 0.3) is 6.08 Å². The number of carboxylic acids is 1. The lowest BCUT2D eigenvalue weighted by Crippen LogP contribution is -2.22. The van der Waals surface area contributed by atoms with E-state index in [0.717, 1.165) is 16.7 Å². The molecule has 0 aliphatic rings. The molecule has 1 N–H and O–H groups in total. The monoisotopic (exact) mass is 403 g/mol. The van der Waals surface area contributed by atoms with Crippen LogP contribution in [0.1, 0.15) is 39.7 Å². The molecule has 0 aliphatic carbocycles. The minimum absolute atomic E-state index is 0.00504. The topological polar surface area (TPSA) is 68.5 Å². The molecule has 30 heavy (non-hydrogen) atoms. The zero-order chi connectivity index (χ0) is 21.7. The molecule has 2 aromatic carbocycles. The largest absolute Gasteiger partial charge is 0.479 e. The number of aliphatic carboxylic acids is 1. The van der Waals surface area contributed by atoms with Crippen molar-refractivity contribution in [2.45, 2.75) is 33.4 Å². The van der Waals surface area contributed by atoms with Gasteiger partial charge in [0.25, 0.3) is 0 Å². The minimum atomic E-state index is -1.01. The Bertz CT molecular complexity index is 1090. The number of hydrogen-bond acceptors (Lipinski definition) is 3. The summed E-state index contributed by atoms with van der Waals surface area (Å²) >= 11 is 0. The first kappa shape index (κ1) is 21.1. The average molecular weight is 403 g/mol. The normalized spacial score (nSPS) is 12.1. The smallest absolute Gasteiger partial charge is 0.344 e. The van der Waals surface area contributed by atoms with Crippen LogP contribution in [0.5, 0.6) is 5.75 Å². The first-order valence-electron chi connectivity index (χ1n) is 9.78. The molecule has 0 spiro atoms. The lowest BCUT2D eigenvalue weighted by atomic mass is 10.0. The Morgan fingerprint density at radius 3 is 2.60 bits per heavy atom. The fourth-order valence-corrected chi connectivity index (χ4v) is 3.06. The van der Waals surface area contributed by atoms with Crippen LogP contribution in [-0.4, -0.2) is 27.5 Å². The van der Waals surface area contributed by atoms with Gasteiger partial charge >= 0.3 is 5.97 Å². The molecule has 0 amide bonds. The molecule has 0 aliphatic heterocycles. The Labute approximate surface area is 176 Å². The second-order valence-corrected chi connectivity index (χ2v) is 7.25. The number of benzene rings is 2. The van der Waals surface area contributed by atoms with E-state index in [4.69, 9.17) is 9.84 Å². The van der Waals surface area contributed by atoms with E-state index in [1.54, 1.807) is 12.1 Å². The van der Waals surface area contributed by atoms with Gasteiger partial charge in [0.15, 0.2) is 6.10 Å².